The van der Waals surface area contributed by atoms with Crippen LogP contribution in [0.25, 0.3) is 16.7 Å². The molecule has 0 aliphatic carbocycles. The summed E-state index contributed by atoms with van der Waals surface area (Å²) < 4.78 is 13.3. The van der Waals surface area contributed by atoms with Gasteiger partial charge in [0.05, 0.1) is 30.1 Å². The van der Waals surface area contributed by atoms with Gasteiger partial charge in [0.15, 0.2) is 0 Å². The van der Waals surface area contributed by atoms with Crippen molar-refractivity contribution >= 4 is 28.6 Å². The van der Waals surface area contributed by atoms with Crippen molar-refractivity contribution in [3.63, 3.8) is 0 Å². The monoisotopic (exact) mass is 467 g/mol. The molecular formula is C24H29N5O5. The molecule has 1 saturated heterocycles. The van der Waals surface area contributed by atoms with Crippen LogP contribution in [0.15, 0.2) is 29.2 Å². The first-order valence-corrected chi connectivity index (χ1v) is 11.4. The molecule has 0 saturated carbocycles. The molecule has 1 amide bonds. The molecule has 1 aliphatic heterocycles. The van der Waals surface area contributed by atoms with Crippen LogP contribution >= 0.6 is 0 Å². The standard InChI is InChI=1S/C24H29N5O5/c1-4-34-24(32)16-7-10-27(11-8-16)22(30)17-14-18-21(28(19(17)25)12-13-33-3)26-20-15(2)6-5-9-29(20)23(18)31/h5-6,9,14,16,25H,4,7-8,10-13H2,1-3H3. The van der Waals surface area contributed by atoms with E-state index in [0.717, 1.165) is 5.56 Å². The molecule has 10 heteroatoms. The van der Waals surface area contributed by atoms with Crippen molar-refractivity contribution in [2.24, 2.45) is 5.92 Å². The van der Waals surface area contributed by atoms with E-state index >= 15 is 0 Å². The molecule has 3 aromatic heterocycles. The number of carbonyl (C=O) groups excluding carboxylic acids is 2. The lowest BCUT2D eigenvalue weighted by molar-refractivity contribution is -0.149. The molecule has 0 unspecified atom stereocenters. The minimum absolute atomic E-state index is 0.0214. The van der Waals surface area contributed by atoms with Crippen LogP contribution in [0.1, 0.15) is 35.7 Å². The first kappa shape index (κ1) is 23.6. The van der Waals surface area contributed by atoms with Crippen LogP contribution < -0.4 is 11.0 Å². The van der Waals surface area contributed by atoms with E-state index in [1.54, 1.807) is 35.8 Å². The largest absolute Gasteiger partial charge is 0.466 e. The Bertz CT molecular complexity index is 1370. The predicted octanol–water partition coefficient (Wildman–Crippen LogP) is 1.50. The summed E-state index contributed by atoms with van der Waals surface area (Å²) in [6.45, 7) is 5.29. The normalized spacial score (nSPS) is 14.6. The molecule has 34 heavy (non-hydrogen) atoms. The molecule has 4 rings (SSSR count). The van der Waals surface area contributed by atoms with Crippen LogP contribution in [0.4, 0.5) is 0 Å². The van der Waals surface area contributed by atoms with Crippen molar-refractivity contribution in [3.05, 3.63) is 51.4 Å². The Balaban J connectivity index is 1.78. The van der Waals surface area contributed by atoms with Crippen molar-refractivity contribution in [3.8, 4) is 0 Å². The third-order valence-corrected chi connectivity index (χ3v) is 6.29. The summed E-state index contributed by atoms with van der Waals surface area (Å²) in [4.78, 5) is 45.1. The van der Waals surface area contributed by atoms with E-state index < -0.39 is 0 Å². The third-order valence-electron chi connectivity index (χ3n) is 6.29. The second-order valence-corrected chi connectivity index (χ2v) is 8.41. The van der Waals surface area contributed by atoms with E-state index in [1.807, 2.05) is 13.0 Å². The fourth-order valence-electron chi connectivity index (χ4n) is 4.41. The second kappa shape index (κ2) is 9.76. The van der Waals surface area contributed by atoms with E-state index in [2.05, 4.69) is 4.98 Å². The average molecular weight is 468 g/mol. The van der Waals surface area contributed by atoms with Crippen LogP contribution in [-0.2, 0) is 20.8 Å². The second-order valence-electron chi connectivity index (χ2n) is 8.41. The molecule has 3 aromatic rings. The third kappa shape index (κ3) is 4.21. The van der Waals surface area contributed by atoms with Crippen molar-refractivity contribution in [1.82, 2.24) is 18.9 Å². The van der Waals surface area contributed by atoms with Gasteiger partial charge in [0.1, 0.15) is 16.8 Å². The van der Waals surface area contributed by atoms with Crippen molar-refractivity contribution < 1.29 is 19.1 Å². The van der Waals surface area contributed by atoms with E-state index in [4.69, 9.17) is 14.9 Å². The number of likely N-dealkylation sites (tertiary alicyclic amines) is 1. The van der Waals surface area contributed by atoms with E-state index in [1.165, 1.54) is 10.5 Å². The van der Waals surface area contributed by atoms with Gasteiger partial charge >= 0.3 is 5.97 Å². The van der Waals surface area contributed by atoms with Crippen LogP contribution in [0, 0.1) is 18.3 Å². The number of hydrogen-bond donors (Lipinski definition) is 1. The molecule has 4 heterocycles. The van der Waals surface area contributed by atoms with Gasteiger partial charge in [-0.1, -0.05) is 6.07 Å². The Morgan fingerprint density at radius 1 is 1.24 bits per heavy atom. The Hall–Kier alpha value is -3.53. The summed E-state index contributed by atoms with van der Waals surface area (Å²) in [7, 11) is 1.55. The van der Waals surface area contributed by atoms with Crippen molar-refractivity contribution in [1.29, 1.82) is 5.41 Å². The number of nitrogens with one attached hydrogen (secondary N) is 1. The number of methoxy groups -OCH3 is 1. The van der Waals surface area contributed by atoms with Gasteiger partial charge in [-0.05, 0) is 44.4 Å². The molecule has 0 aromatic carbocycles. The molecule has 0 atom stereocenters. The van der Waals surface area contributed by atoms with Crippen molar-refractivity contribution in [2.75, 3.05) is 33.4 Å². The lowest BCUT2D eigenvalue weighted by Crippen LogP contribution is -2.43. The zero-order chi connectivity index (χ0) is 24.4. The molecule has 1 fully saturated rings. The van der Waals surface area contributed by atoms with Crippen LogP contribution in [0.3, 0.4) is 0 Å². The Kier molecular flexibility index (Phi) is 6.78. The predicted molar refractivity (Wildman–Crippen MR) is 125 cm³/mol. The molecule has 1 aliphatic rings. The molecule has 0 radical (unpaired) electrons. The highest BCUT2D eigenvalue weighted by Crippen LogP contribution is 2.21. The number of amides is 1. The van der Waals surface area contributed by atoms with Gasteiger partial charge in [0.2, 0.25) is 0 Å². The summed E-state index contributed by atoms with van der Waals surface area (Å²) in [5.41, 5.74) is 1.49. The van der Waals surface area contributed by atoms with Gasteiger partial charge in [-0.15, -0.1) is 0 Å². The first-order chi connectivity index (χ1) is 16.4. The van der Waals surface area contributed by atoms with E-state index in [9.17, 15) is 14.4 Å². The minimum Gasteiger partial charge on any atom is -0.466 e. The SMILES string of the molecule is CCOC(=O)C1CCN(C(=O)c2cc3c(=O)n4cccc(C)c4nc3n(CCOC)c2=N)CC1. The maximum absolute atomic E-state index is 13.4. The highest BCUT2D eigenvalue weighted by atomic mass is 16.5. The number of piperidine rings is 1. The highest BCUT2D eigenvalue weighted by Gasteiger charge is 2.30. The smallest absolute Gasteiger partial charge is 0.309 e. The van der Waals surface area contributed by atoms with Crippen molar-refractivity contribution in [2.45, 2.75) is 33.2 Å². The number of ether oxygens (including phenoxy) is 2. The van der Waals surface area contributed by atoms with Gasteiger partial charge in [-0.3, -0.25) is 24.2 Å². The molecule has 0 bridgehead atoms. The summed E-state index contributed by atoms with van der Waals surface area (Å²) in [5.74, 6) is -0.805. The maximum atomic E-state index is 13.4. The number of fused-ring (bicyclic) bond motifs is 2. The first-order valence-electron chi connectivity index (χ1n) is 11.4. The summed E-state index contributed by atoms with van der Waals surface area (Å²) in [6.07, 6.45) is 2.65. The number of rotatable bonds is 6. The van der Waals surface area contributed by atoms with Gasteiger partial charge in [-0.25, -0.2) is 4.98 Å². The topological polar surface area (TPSA) is 119 Å². The molecular weight excluding hydrogens is 438 g/mol. The van der Waals surface area contributed by atoms with Gasteiger partial charge < -0.3 is 18.9 Å². The number of hydrogen-bond acceptors (Lipinski definition) is 7. The minimum atomic E-state index is -0.339. The van der Waals surface area contributed by atoms with Gasteiger partial charge in [0, 0.05) is 32.9 Å². The molecule has 180 valence electrons. The number of aromatic nitrogens is 3. The summed E-state index contributed by atoms with van der Waals surface area (Å²) >= 11 is 0. The number of pyridine rings is 2. The summed E-state index contributed by atoms with van der Waals surface area (Å²) in [6, 6.07) is 5.12. The Morgan fingerprint density at radius 3 is 2.65 bits per heavy atom. The number of esters is 1. The highest BCUT2D eigenvalue weighted by molar-refractivity contribution is 5.97. The number of nitrogens with zero attached hydrogens (tertiary/aromatic N) is 4. The zero-order valence-electron chi connectivity index (χ0n) is 19.7. The van der Waals surface area contributed by atoms with Gasteiger partial charge in [0.25, 0.3) is 11.5 Å². The van der Waals surface area contributed by atoms with E-state index in [-0.39, 0.29) is 46.3 Å². The lowest BCUT2D eigenvalue weighted by Gasteiger charge is -2.31. The maximum Gasteiger partial charge on any atom is 0.309 e. The fourth-order valence-corrected chi connectivity index (χ4v) is 4.41. The number of aryl methyl sites for hydroxylation is 1. The van der Waals surface area contributed by atoms with E-state index in [0.29, 0.717) is 50.4 Å². The fraction of sp³-hybridized carbons (Fsp3) is 0.458. The molecule has 10 nitrogen and oxygen atoms in total. The van der Waals surface area contributed by atoms with Crippen LogP contribution in [0.5, 0.6) is 0 Å². The average Bonchev–Trinajstić information content (AvgIpc) is 2.84. The van der Waals surface area contributed by atoms with Crippen LogP contribution in [-0.4, -0.2) is 64.1 Å². The molecule has 1 N–H and O–H groups in total. The van der Waals surface area contributed by atoms with Crippen LogP contribution in [0.2, 0.25) is 0 Å². The van der Waals surface area contributed by atoms with Gasteiger partial charge in [-0.2, -0.15) is 0 Å². The lowest BCUT2D eigenvalue weighted by atomic mass is 9.96. The Morgan fingerprint density at radius 2 is 1.97 bits per heavy atom. The summed E-state index contributed by atoms with van der Waals surface area (Å²) in [5, 5.41) is 9.05. The Labute approximate surface area is 196 Å². The molecule has 0 spiro atoms. The number of carbonyl (C=O) groups is 2. The quantitative estimate of drug-likeness (QED) is 0.433. The zero-order valence-corrected chi connectivity index (χ0v) is 19.7.